The highest BCUT2D eigenvalue weighted by molar-refractivity contribution is 5.54. The number of rotatable bonds is 4. The lowest BCUT2D eigenvalue weighted by Crippen LogP contribution is -2.47. The number of anilines is 2. The molecule has 6 heteroatoms. The molecular weight excluding hydrogens is 234 g/mol. The van der Waals surface area contributed by atoms with Crippen LogP contribution < -0.4 is 15.8 Å². The third kappa shape index (κ3) is 2.65. The highest BCUT2D eigenvalue weighted by Crippen LogP contribution is 2.27. The predicted molar refractivity (Wildman–Crippen MR) is 68.7 cm³/mol. The molecule has 0 spiro atoms. The molecule has 2 rings (SSSR count). The summed E-state index contributed by atoms with van der Waals surface area (Å²) >= 11 is 0. The van der Waals surface area contributed by atoms with Crippen LogP contribution in [0.15, 0.2) is 12.1 Å². The van der Waals surface area contributed by atoms with E-state index in [1.54, 1.807) is 12.1 Å². The fourth-order valence-electron chi connectivity index (χ4n) is 2.04. The van der Waals surface area contributed by atoms with Crippen molar-refractivity contribution in [3.63, 3.8) is 0 Å². The van der Waals surface area contributed by atoms with Gasteiger partial charge in [-0.25, -0.2) is 0 Å². The lowest BCUT2D eigenvalue weighted by Gasteiger charge is -2.36. The number of hydrogen-bond acceptors (Lipinski definition) is 6. The van der Waals surface area contributed by atoms with Gasteiger partial charge in [0.15, 0.2) is 0 Å². The highest BCUT2D eigenvalue weighted by Gasteiger charge is 2.32. The fourth-order valence-corrected chi connectivity index (χ4v) is 2.04. The number of aliphatic hydroxyl groups excluding tert-OH is 1. The zero-order chi connectivity index (χ0) is 13.0. The maximum Gasteiger partial charge on any atom is 0.238 e. The molecule has 0 bridgehead atoms. The molecule has 18 heavy (non-hydrogen) atoms. The van der Waals surface area contributed by atoms with Crippen LogP contribution in [0.1, 0.15) is 12.8 Å². The minimum absolute atomic E-state index is 0.0464. The summed E-state index contributed by atoms with van der Waals surface area (Å²) in [6.45, 7) is 1.32. The van der Waals surface area contributed by atoms with E-state index in [0.717, 1.165) is 12.8 Å². The van der Waals surface area contributed by atoms with Crippen LogP contribution in [0.5, 0.6) is 5.88 Å². The quantitative estimate of drug-likeness (QED) is 0.729. The number of nitrogen functional groups attached to an aromatic ring is 1. The highest BCUT2D eigenvalue weighted by atomic mass is 16.5. The number of methoxy groups -OCH3 is 1. The first-order chi connectivity index (χ1) is 8.69. The number of nitrogens with zero attached hydrogens (tertiary/aromatic N) is 1. The van der Waals surface area contributed by atoms with Gasteiger partial charge in [0.2, 0.25) is 5.88 Å². The Balaban J connectivity index is 2.16. The molecule has 1 aliphatic rings. The van der Waals surface area contributed by atoms with Gasteiger partial charge in [-0.2, -0.15) is 4.98 Å². The number of hydrogen-bond donors (Lipinski definition) is 3. The van der Waals surface area contributed by atoms with E-state index in [4.69, 9.17) is 15.2 Å². The van der Waals surface area contributed by atoms with Gasteiger partial charge in [0.1, 0.15) is 5.82 Å². The molecule has 1 saturated heterocycles. The zero-order valence-corrected chi connectivity index (χ0v) is 10.5. The Bertz CT molecular complexity index is 406. The predicted octanol–water partition coefficient (Wildman–Crippen LogP) is 0.626. The number of nitrogens with one attached hydrogen (secondary N) is 1. The fraction of sp³-hybridized carbons (Fsp3) is 0.583. The number of pyridine rings is 1. The molecule has 4 N–H and O–H groups in total. The second-order valence-corrected chi connectivity index (χ2v) is 4.47. The van der Waals surface area contributed by atoms with E-state index < -0.39 is 0 Å². The summed E-state index contributed by atoms with van der Waals surface area (Å²) in [5.41, 5.74) is 5.84. The van der Waals surface area contributed by atoms with Crippen molar-refractivity contribution in [1.82, 2.24) is 4.98 Å². The molecule has 0 amide bonds. The van der Waals surface area contributed by atoms with Gasteiger partial charge in [-0.15, -0.1) is 0 Å². The first-order valence-electron chi connectivity index (χ1n) is 5.96. The van der Waals surface area contributed by atoms with Gasteiger partial charge in [0.05, 0.1) is 24.9 Å². The minimum Gasteiger partial charge on any atom is -0.479 e. The van der Waals surface area contributed by atoms with E-state index >= 15 is 0 Å². The molecule has 1 fully saturated rings. The molecule has 0 aliphatic carbocycles. The molecule has 0 unspecified atom stereocenters. The standard InChI is InChI=1S/C12H19N3O3/c1-17-11-9(13)2-3-10(14-11)15-12(8-16)4-6-18-7-5-12/h2-3,16H,4-8,13H2,1H3,(H,14,15). The second kappa shape index (κ2) is 5.41. The summed E-state index contributed by atoms with van der Waals surface area (Å²) in [5, 5.41) is 12.9. The van der Waals surface area contributed by atoms with Crippen LogP contribution in [0.2, 0.25) is 0 Å². The summed E-state index contributed by atoms with van der Waals surface area (Å²) in [6, 6.07) is 3.52. The van der Waals surface area contributed by atoms with E-state index in [9.17, 15) is 5.11 Å². The Labute approximate surface area is 106 Å². The van der Waals surface area contributed by atoms with Crippen molar-refractivity contribution in [2.45, 2.75) is 18.4 Å². The number of aromatic nitrogens is 1. The monoisotopic (exact) mass is 253 g/mol. The van der Waals surface area contributed by atoms with Gasteiger partial charge in [0, 0.05) is 13.2 Å². The SMILES string of the molecule is COc1nc(NC2(CO)CCOCC2)ccc1N. The minimum atomic E-state index is -0.369. The largest absolute Gasteiger partial charge is 0.479 e. The summed E-state index contributed by atoms with van der Waals surface area (Å²) in [7, 11) is 1.53. The number of ether oxygens (including phenoxy) is 2. The molecule has 100 valence electrons. The normalized spacial score (nSPS) is 18.3. The van der Waals surface area contributed by atoms with Crippen LogP contribution in [-0.2, 0) is 4.74 Å². The van der Waals surface area contributed by atoms with Crippen molar-refractivity contribution in [3.05, 3.63) is 12.1 Å². The molecule has 6 nitrogen and oxygen atoms in total. The van der Waals surface area contributed by atoms with Crippen LogP contribution in [-0.4, -0.2) is 42.6 Å². The summed E-state index contributed by atoms with van der Waals surface area (Å²) in [5.74, 6) is 1.04. The van der Waals surface area contributed by atoms with Gasteiger partial charge >= 0.3 is 0 Å². The average molecular weight is 253 g/mol. The summed E-state index contributed by atoms with van der Waals surface area (Å²) < 4.78 is 10.4. The lowest BCUT2D eigenvalue weighted by molar-refractivity contribution is 0.0378. The molecule has 2 heterocycles. The average Bonchev–Trinajstić information content (AvgIpc) is 2.42. The van der Waals surface area contributed by atoms with Crippen molar-refractivity contribution in [1.29, 1.82) is 0 Å². The molecular formula is C12H19N3O3. The van der Waals surface area contributed by atoms with Gasteiger partial charge in [-0.1, -0.05) is 0 Å². The molecule has 1 aromatic rings. The van der Waals surface area contributed by atoms with E-state index in [1.807, 2.05) is 0 Å². The first-order valence-corrected chi connectivity index (χ1v) is 5.96. The molecule has 0 atom stereocenters. The first kappa shape index (κ1) is 12.9. The molecule has 0 radical (unpaired) electrons. The van der Waals surface area contributed by atoms with Crippen LogP contribution in [0, 0.1) is 0 Å². The third-order valence-corrected chi connectivity index (χ3v) is 3.23. The van der Waals surface area contributed by atoms with Crippen molar-refractivity contribution in [2.24, 2.45) is 0 Å². The van der Waals surface area contributed by atoms with E-state index in [1.165, 1.54) is 7.11 Å². The molecule has 0 aromatic carbocycles. The van der Waals surface area contributed by atoms with Crippen molar-refractivity contribution < 1.29 is 14.6 Å². The molecule has 1 aromatic heterocycles. The lowest BCUT2D eigenvalue weighted by atomic mass is 9.91. The summed E-state index contributed by atoms with van der Waals surface area (Å²) in [6.07, 6.45) is 1.50. The van der Waals surface area contributed by atoms with Crippen LogP contribution in [0.4, 0.5) is 11.5 Å². The maximum absolute atomic E-state index is 9.58. The van der Waals surface area contributed by atoms with E-state index in [0.29, 0.717) is 30.6 Å². The van der Waals surface area contributed by atoms with E-state index in [2.05, 4.69) is 10.3 Å². The Morgan fingerprint density at radius 3 is 2.83 bits per heavy atom. The second-order valence-electron chi connectivity index (χ2n) is 4.47. The van der Waals surface area contributed by atoms with E-state index in [-0.39, 0.29) is 12.1 Å². The molecule has 0 saturated carbocycles. The van der Waals surface area contributed by atoms with Crippen LogP contribution >= 0.6 is 0 Å². The van der Waals surface area contributed by atoms with Crippen LogP contribution in [0.25, 0.3) is 0 Å². The summed E-state index contributed by atoms with van der Waals surface area (Å²) in [4.78, 5) is 4.27. The van der Waals surface area contributed by atoms with Gasteiger partial charge in [-0.3, -0.25) is 0 Å². The Morgan fingerprint density at radius 1 is 1.50 bits per heavy atom. The van der Waals surface area contributed by atoms with Crippen molar-refractivity contribution >= 4 is 11.5 Å². The van der Waals surface area contributed by atoms with Gasteiger partial charge in [0.25, 0.3) is 0 Å². The Kier molecular flexibility index (Phi) is 3.88. The number of nitrogens with two attached hydrogens (primary N) is 1. The van der Waals surface area contributed by atoms with Crippen molar-refractivity contribution in [2.75, 3.05) is 38.0 Å². The van der Waals surface area contributed by atoms with Gasteiger partial charge in [-0.05, 0) is 25.0 Å². The van der Waals surface area contributed by atoms with Crippen LogP contribution in [0.3, 0.4) is 0 Å². The topological polar surface area (TPSA) is 89.6 Å². The van der Waals surface area contributed by atoms with Crippen molar-refractivity contribution in [3.8, 4) is 5.88 Å². The smallest absolute Gasteiger partial charge is 0.238 e. The Morgan fingerprint density at radius 2 is 2.22 bits per heavy atom. The van der Waals surface area contributed by atoms with Gasteiger partial charge < -0.3 is 25.6 Å². The third-order valence-electron chi connectivity index (χ3n) is 3.23. The zero-order valence-electron chi connectivity index (χ0n) is 10.5. The molecule has 1 aliphatic heterocycles. The maximum atomic E-state index is 9.58. The number of aliphatic hydroxyl groups is 1. The Hall–Kier alpha value is -1.53.